The summed E-state index contributed by atoms with van der Waals surface area (Å²) >= 11 is 0. The third-order valence-electron chi connectivity index (χ3n) is 3.01. The number of carbonyl (C=O) groups is 1. The number of rotatable bonds is 5. The predicted octanol–water partition coefficient (Wildman–Crippen LogP) is 1.71. The molecule has 0 saturated carbocycles. The molecule has 1 amide bonds. The first-order chi connectivity index (χ1) is 8.45. The Bertz CT molecular complexity index is 416. The molecular weight excluding hydrogens is 228 g/mol. The van der Waals surface area contributed by atoms with Gasteiger partial charge in [0.2, 0.25) is 0 Å². The summed E-state index contributed by atoms with van der Waals surface area (Å²) in [5, 5.41) is 11.9. The molecular formula is C14H22N2O2. The van der Waals surface area contributed by atoms with E-state index in [1.807, 2.05) is 26.8 Å². The van der Waals surface area contributed by atoms with E-state index in [-0.39, 0.29) is 24.5 Å². The van der Waals surface area contributed by atoms with Crippen molar-refractivity contribution in [3.63, 3.8) is 0 Å². The van der Waals surface area contributed by atoms with Gasteiger partial charge in [-0.05, 0) is 31.4 Å². The van der Waals surface area contributed by atoms with E-state index in [0.717, 1.165) is 5.56 Å². The maximum absolute atomic E-state index is 12.1. The highest BCUT2D eigenvalue weighted by Gasteiger charge is 2.18. The van der Waals surface area contributed by atoms with Crippen molar-refractivity contribution in [1.82, 2.24) is 5.32 Å². The highest BCUT2D eigenvalue weighted by Crippen LogP contribution is 2.15. The second-order valence-corrected chi connectivity index (χ2v) is 4.93. The van der Waals surface area contributed by atoms with Gasteiger partial charge < -0.3 is 16.2 Å². The zero-order valence-corrected chi connectivity index (χ0v) is 11.2. The summed E-state index contributed by atoms with van der Waals surface area (Å²) in [6.45, 7) is 6.01. The molecule has 0 fully saturated rings. The molecule has 4 heteroatoms. The van der Waals surface area contributed by atoms with E-state index in [1.54, 1.807) is 12.1 Å². The molecule has 1 atom stereocenters. The number of anilines is 1. The third kappa shape index (κ3) is 3.74. The van der Waals surface area contributed by atoms with Crippen LogP contribution >= 0.6 is 0 Å². The van der Waals surface area contributed by atoms with E-state index >= 15 is 0 Å². The number of aliphatic hydroxyl groups is 1. The van der Waals surface area contributed by atoms with Crippen LogP contribution in [0.4, 0.5) is 5.69 Å². The Balaban J connectivity index is 2.83. The van der Waals surface area contributed by atoms with E-state index in [0.29, 0.717) is 17.7 Å². The maximum Gasteiger partial charge on any atom is 0.253 e. The van der Waals surface area contributed by atoms with Crippen molar-refractivity contribution in [1.29, 1.82) is 0 Å². The van der Waals surface area contributed by atoms with Gasteiger partial charge in [-0.2, -0.15) is 0 Å². The molecule has 0 saturated heterocycles. The van der Waals surface area contributed by atoms with E-state index < -0.39 is 0 Å². The number of hydrogen-bond donors (Lipinski definition) is 3. The molecule has 0 aromatic heterocycles. The number of carbonyl (C=O) groups excluding carboxylic acids is 1. The highest BCUT2D eigenvalue weighted by atomic mass is 16.3. The quantitative estimate of drug-likeness (QED) is 0.696. The van der Waals surface area contributed by atoms with Crippen LogP contribution in [-0.4, -0.2) is 23.7 Å². The fraction of sp³-hybridized carbons (Fsp3) is 0.500. The minimum Gasteiger partial charge on any atom is -0.398 e. The minimum absolute atomic E-state index is 0.0394. The monoisotopic (exact) mass is 250 g/mol. The lowest BCUT2D eigenvalue weighted by molar-refractivity contribution is 0.0917. The molecule has 0 heterocycles. The van der Waals surface area contributed by atoms with Crippen molar-refractivity contribution >= 4 is 11.6 Å². The summed E-state index contributed by atoms with van der Waals surface area (Å²) in [4.78, 5) is 12.1. The topological polar surface area (TPSA) is 75.4 Å². The van der Waals surface area contributed by atoms with Crippen LogP contribution in [0.5, 0.6) is 0 Å². The summed E-state index contributed by atoms with van der Waals surface area (Å²) in [6.07, 6.45) is 0.551. The number of nitrogens with two attached hydrogens (primary N) is 1. The molecule has 100 valence electrons. The fourth-order valence-electron chi connectivity index (χ4n) is 1.82. The van der Waals surface area contributed by atoms with Crippen molar-refractivity contribution in [2.24, 2.45) is 5.92 Å². The first kappa shape index (κ1) is 14.5. The molecule has 1 rings (SSSR count). The fourth-order valence-corrected chi connectivity index (χ4v) is 1.82. The van der Waals surface area contributed by atoms with E-state index in [2.05, 4.69) is 5.32 Å². The van der Waals surface area contributed by atoms with Crippen LogP contribution in [0.3, 0.4) is 0 Å². The first-order valence-electron chi connectivity index (χ1n) is 6.23. The summed E-state index contributed by atoms with van der Waals surface area (Å²) in [6, 6.07) is 5.35. The third-order valence-corrected chi connectivity index (χ3v) is 3.01. The lowest BCUT2D eigenvalue weighted by atomic mass is 10.0. The lowest BCUT2D eigenvalue weighted by Crippen LogP contribution is -2.39. The predicted molar refractivity (Wildman–Crippen MR) is 73.4 cm³/mol. The smallest absolute Gasteiger partial charge is 0.253 e. The SMILES string of the molecule is Cc1ccc(N)c(C(=O)NC(CCO)C(C)C)c1. The second kappa shape index (κ2) is 6.40. The zero-order valence-electron chi connectivity index (χ0n) is 11.2. The largest absolute Gasteiger partial charge is 0.398 e. The molecule has 0 aliphatic carbocycles. The van der Waals surface area contributed by atoms with Gasteiger partial charge in [0.05, 0.1) is 5.56 Å². The first-order valence-corrected chi connectivity index (χ1v) is 6.23. The normalized spacial score (nSPS) is 12.5. The molecule has 1 aromatic rings. The van der Waals surface area contributed by atoms with Crippen LogP contribution in [0.1, 0.15) is 36.2 Å². The number of benzene rings is 1. The average molecular weight is 250 g/mol. The van der Waals surface area contributed by atoms with Crippen LogP contribution < -0.4 is 11.1 Å². The summed E-state index contributed by atoms with van der Waals surface area (Å²) in [5.74, 6) is 0.0930. The van der Waals surface area contributed by atoms with Crippen molar-refractivity contribution < 1.29 is 9.90 Å². The van der Waals surface area contributed by atoms with Crippen LogP contribution in [-0.2, 0) is 0 Å². The van der Waals surface area contributed by atoms with Crippen molar-refractivity contribution in [2.45, 2.75) is 33.2 Å². The number of nitrogens with one attached hydrogen (secondary N) is 1. The maximum atomic E-state index is 12.1. The lowest BCUT2D eigenvalue weighted by Gasteiger charge is -2.22. The molecule has 18 heavy (non-hydrogen) atoms. The van der Waals surface area contributed by atoms with Gasteiger partial charge in [-0.1, -0.05) is 25.5 Å². The van der Waals surface area contributed by atoms with Crippen molar-refractivity contribution in [2.75, 3.05) is 12.3 Å². The van der Waals surface area contributed by atoms with Crippen molar-refractivity contribution in [3.8, 4) is 0 Å². The van der Waals surface area contributed by atoms with Crippen LogP contribution in [0.25, 0.3) is 0 Å². The summed E-state index contributed by atoms with van der Waals surface area (Å²) < 4.78 is 0. The molecule has 1 aromatic carbocycles. The zero-order chi connectivity index (χ0) is 13.7. The summed E-state index contributed by atoms with van der Waals surface area (Å²) in [5.41, 5.74) is 7.78. The Labute approximate surface area is 108 Å². The molecule has 0 aliphatic rings. The number of nitrogen functional groups attached to an aromatic ring is 1. The number of amides is 1. The van der Waals surface area contributed by atoms with Gasteiger partial charge in [0.25, 0.3) is 5.91 Å². The van der Waals surface area contributed by atoms with Crippen LogP contribution in [0.2, 0.25) is 0 Å². The van der Waals surface area contributed by atoms with Gasteiger partial charge in [0, 0.05) is 18.3 Å². The number of aliphatic hydroxyl groups excluding tert-OH is 1. The Morgan fingerprint density at radius 2 is 2.11 bits per heavy atom. The molecule has 0 radical (unpaired) electrons. The van der Waals surface area contributed by atoms with Crippen LogP contribution in [0, 0.1) is 12.8 Å². The minimum atomic E-state index is -0.177. The van der Waals surface area contributed by atoms with E-state index in [9.17, 15) is 4.79 Å². The molecule has 4 nitrogen and oxygen atoms in total. The van der Waals surface area contributed by atoms with E-state index in [1.165, 1.54) is 0 Å². The molecule has 0 spiro atoms. The van der Waals surface area contributed by atoms with Gasteiger partial charge in [-0.3, -0.25) is 4.79 Å². The van der Waals surface area contributed by atoms with E-state index in [4.69, 9.17) is 10.8 Å². The number of hydrogen-bond acceptors (Lipinski definition) is 3. The molecule has 1 unspecified atom stereocenters. The number of aryl methyl sites for hydroxylation is 1. The second-order valence-electron chi connectivity index (χ2n) is 4.93. The molecule has 0 aliphatic heterocycles. The standard InChI is InChI=1S/C14H22N2O2/c1-9(2)13(6-7-17)16-14(18)11-8-10(3)4-5-12(11)15/h4-5,8-9,13,17H,6-7,15H2,1-3H3,(H,16,18). The molecule has 0 bridgehead atoms. The van der Waals surface area contributed by atoms with Gasteiger partial charge in [-0.25, -0.2) is 0 Å². The summed E-state index contributed by atoms with van der Waals surface area (Å²) in [7, 11) is 0. The Hall–Kier alpha value is -1.55. The Morgan fingerprint density at radius 1 is 1.44 bits per heavy atom. The van der Waals surface area contributed by atoms with Gasteiger partial charge in [-0.15, -0.1) is 0 Å². The molecule has 4 N–H and O–H groups in total. The highest BCUT2D eigenvalue weighted by molar-refractivity contribution is 5.99. The Kier molecular flexibility index (Phi) is 5.16. The van der Waals surface area contributed by atoms with Gasteiger partial charge in [0.1, 0.15) is 0 Å². The Morgan fingerprint density at radius 3 is 2.67 bits per heavy atom. The van der Waals surface area contributed by atoms with Gasteiger partial charge in [0.15, 0.2) is 0 Å². The van der Waals surface area contributed by atoms with Crippen LogP contribution in [0.15, 0.2) is 18.2 Å². The average Bonchev–Trinajstić information content (AvgIpc) is 2.31. The van der Waals surface area contributed by atoms with Gasteiger partial charge >= 0.3 is 0 Å². The van der Waals surface area contributed by atoms with Crippen molar-refractivity contribution in [3.05, 3.63) is 29.3 Å².